The molecule has 3 aromatic carbocycles. The Bertz CT molecular complexity index is 1220. The van der Waals surface area contributed by atoms with E-state index in [1.807, 2.05) is 60.7 Å². The van der Waals surface area contributed by atoms with Gasteiger partial charge in [-0.1, -0.05) is 72.3 Å². The molecule has 4 aromatic rings. The molecule has 0 atom stereocenters. The number of aromatic nitrogens is 2. The second-order valence-electron chi connectivity index (χ2n) is 6.16. The number of para-hydroxylation sites is 1. The Hall–Kier alpha value is -3.70. The molecule has 0 fully saturated rings. The highest BCUT2D eigenvalue weighted by Gasteiger charge is 2.17. The van der Waals surface area contributed by atoms with Crippen molar-refractivity contribution in [2.75, 3.05) is 0 Å². The van der Waals surface area contributed by atoms with Gasteiger partial charge in [0, 0.05) is 5.56 Å². The maximum absolute atomic E-state index is 12.9. The smallest absolute Gasteiger partial charge is 0.346 e. The van der Waals surface area contributed by atoms with Crippen LogP contribution in [0.4, 0.5) is 0 Å². The number of carbonyl (C=O) groups excluding carboxylic acids is 1. The van der Waals surface area contributed by atoms with E-state index in [0.717, 1.165) is 0 Å². The lowest BCUT2D eigenvalue weighted by atomic mass is 10.2. The first kappa shape index (κ1) is 18.7. The van der Waals surface area contributed by atoms with E-state index in [4.69, 9.17) is 16.3 Å². The number of rotatable bonds is 4. The second kappa shape index (κ2) is 8.12. The molecule has 0 aliphatic rings. The molecular weight excluding hydrogens is 388 g/mol. The summed E-state index contributed by atoms with van der Waals surface area (Å²) in [5.41, 5.74) is 1.20. The van der Waals surface area contributed by atoms with Gasteiger partial charge >= 0.3 is 5.97 Å². The zero-order valence-electron chi connectivity index (χ0n) is 15.2. The van der Waals surface area contributed by atoms with Crippen LogP contribution >= 0.6 is 11.6 Å². The number of halogens is 1. The molecule has 1 aromatic heterocycles. The van der Waals surface area contributed by atoms with Crippen LogP contribution in [0.15, 0.2) is 95.8 Å². The molecule has 6 heteroatoms. The molecule has 0 saturated carbocycles. The Morgan fingerprint density at radius 2 is 1.48 bits per heavy atom. The van der Waals surface area contributed by atoms with Crippen molar-refractivity contribution in [3.8, 4) is 23.0 Å². The van der Waals surface area contributed by atoms with Crippen molar-refractivity contribution in [2.45, 2.75) is 0 Å². The third-order valence-corrected chi connectivity index (χ3v) is 4.56. The molecule has 142 valence electrons. The van der Waals surface area contributed by atoms with Crippen molar-refractivity contribution in [2.24, 2.45) is 0 Å². The SMILES string of the molecule is O=C(Oc1cc(=O)n(-c2ccccc2)c(-c2ccccc2)n1)c1ccccc1Cl. The molecule has 0 radical (unpaired) electrons. The molecule has 4 rings (SSSR count). The maximum atomic E-state index is 12.9. The molecule has 0 aliphatic heterocycles. The summed E-state index contributed by atoms with van der Waals surface area (Å²) in [5, 5.41) is 0.262. The minimum Gasteiger partial charge on any atom is -0.404 e. The van der Waals surface area contributed by atoms with Crippen molar-refractivity contribution in [3.63, 3.8) is 0 Å². The first-order valence-electron chi connectivity index (χ1n) is 8.85. The average Bonchev–Trinajstić information content (AvgIpc) is 2.75. The van der Waals surface area contributed by atoms with Crippen LogP contribution in [0.5, 0.6) is 5.88 Å². The predicted molar refractivity (Wildman–Crippen MR) is 112 cm³/mol. The fourth-order valence-electron chi connectivity index (χ4n) is 2.90. The molecular formula is C23H15ClN2O3. The summed E-state index contributed by atoms with van der Waals surface area (Å²) in [5.74, 6) is -0.406. The Labute approximate surface area is 171 Å². The van der Waals surface area contributed by atoms with E-state index in [1.54, 1.807) is 24.3 Å². The summed E-state index contributed by atoms with van der Waals surface area (Å²) >= 11 is 6.06. The van der Waals surface area contributed by atoms with Crippen LogP contribution in [0, 0.1) is 0 Å². The van der Waals surface area contributed by atoms with E-state index in [-0.39, 0.29) is 22.0 Å². The molecule has 0 spiro atoms. The highest BCUT2D eigenvalue weighted by molar-refractivity contribution is 6.33. The first-order chi connectivity index (χ1) is 14.1. The predicted octanol–water partition coefficient (Wildman–Crippen LogP) is 4.77. The van der Waals surface area contributed by atoms with E-state index in [1.165, 1.54) is 10.6 Å². The molecule has 29 heavy (non-hydrogen) atoms. The topological polar surface area (TPSA) is 61.2 Å². The Balaban J connectivity index is 1.82. The van der Waals surface area contributed by atoms with E-state index in [0.29, 0.717) is 17.1 Å². The van der Waals surface area contributed by atoms with Gasteiger partial charge in [0.2, 0.25) is 5.88 Å². The fraction of sp³-hybridized carbons (Fsp3) is 0. The molecule has 0 N–H and O–H groups in total. The highest BCUT2D eigenvalue weighted by atomic mass is 35.5. The van der Waals surface area contributed by atoms with Crippen molar-refractivity contribution in [1.29, 1.82) is 0 Å². The van der Waals surface area contributed by atoms with Gasteiger partial charge in [-0.3, -0.25) is 9.36 Å². The van der Waals surface area contributed by atoms with Crippen molar-refractivity contribution >= 4 is 17.6 Å². The molecule has 0 saturated heterocycles. The van der Waals surface area contributed by atoms with E-state index in [2.05, 4.69) is 4.98 Å². The number of hydrogen-bond acceptors (Lipinski definition) is 4. The van der Waals surface area contributed by atoms with Crippen molar-refractivity contribution < 1.29 is 9.53 Å². The van der Waals surface area contributed by atoms with Crippen LogP contribution in [0.2, 0.25) is 5.02 Å². The third-order valence-electron chi connectivity index (χ3n) is 4.23. The van der Waals surface area contributed by atoms with Gasteiger partial charge in [0.05, 0.1) is 22.3 Å². The van der Waals surface area contributed by atoms with E-state index < -0.39 is 5.97 Å². The zero-order valence-corrected chi connectivity index (χ0v) is 15.9. The number of esters is 1. The van der Waals surface area contributed by atoms with Crippen LogP contribution in [-0.2, 0) is 0 Å². The van der Waals surface area contributed by atoms with E-state index >= 15 is 0 Å². The summed E-state index contributed by atoms with van der Waals surface area (Å²) in [4.78, 5) is 29.9. The van der Waals surface area contributed by atoms with Crippen LogP contribution < -0.4 is 10.3 Å². The summed E-state index contributed by atoms with van der Waals surface area (Å²) in [6, 6.07) is 26.1. The zero-order chi connectivity index (χ0) is 20.2. The number of nitrogens with zero attached hydrogens (tertiary/aromatic N) is 2. The molecule has 0 aliphatic carbocycles. The monoisotopic (exact) mass is 402 g/mol. The lowest BCUT2D eigenvalue weighted by Crippen LogP contribution is -2.22. The standard InChI is InChI=1S/C23H15ClN2O3/c24-19-14-8-7-13-18(19)23(28)29-20-15-21(27)26(17-11-5-2-6-12-17)22(25-20)16-9-3-1-4-10-16/h1-15H. The van der Waals surface area contributed by atoms with Crippen LogP contribution in [0.3, 0.4) is 0 Å². The number of hydrogen-bond donors (Lipinski definition) is 0. The summed E-state index contributed by atoms with van der Waals surface area (Å²) in [6.07, 6.45) is 0. The van der Waals surface area contributed by atoms with Gasteiger partial charge in [-0.2, -0.15) is 4.98 Å². The maximum Gasteiger partial charge on any atom is 0.346 e. The highest BCUT2D eigenvalue weighted by Crippen LogP contribution is 2.23. The van der Waals surface area contributed by atoms with Gasteiger partial charge in [0.15, 0.2) is 5.82 Å². The van der Waals surface area contributed by atoms with Crippen molar-refractivity contribution in [3.05, 3.63) is 112 Å². The number of carbonyl (C=O) groups is 1. The van der Waals surface area contributed by atoms with Gasteiger partial charge in [0.25, 0.3) is 5.56 Å². The quantitative estimate of drug-likeness (QED) is 0.461. The van der Waals surface area contributed by atoms with Gasteiger partial charge in [-0.05, 0) is 24.3 Å². The van der Waals surface area contributed by atoms with Crippen molar-refractivity contribution in [1.82, 2.24) is 9.55 Å². The fourth-order valence-corrected chi connectivity index (χ4v) is 3.11. The first-order valence-corrected chi connectivity index (χ1v) is 9.23. The molecule has 0 bridgehead atoms. The van der Waals surface area contributed by atoms with E-state index in [9.17, 15) is 9.59 Å². The molecule has 0 unspecified atom stereocenters. The summed E-state index contributed by atoms with van der Waals surface area (Å²) < 4.78 is 6.84. The van der Waals surface area contributed by atoms with Gasteiger partial charge in [-0.25, -0.2) is 4.79 Å². The molecule has 5 nitrogen and oxygen atoms in total. The van der Waals surface area contributed by atoms with Crippen LogP contribution in [-0.4, -0.2) is 15.5 Å². The average molecular weight is 403 g/mol. The summed E-state index contributed by atoms with van der Waals surface area (Å²) in [7, 11) is 0. The lowest BCUT2D eigenvalue weighted by molar-refractivity contribution is 0.0727. The van der Waals surface area contributed by atoms with Crippen LogP contribution in [0.1, 0.15) is 10.4 Å². The van der Waals surface area contributed by atoms with Gasteiger partial charge < -0.3 is 4.74 Å². The minimum absolute atomic E-state index is 0.0917. The Morgan fingerprint density at radius 1 is 0.862 bits per heavy atom. The Morgan fingerprint density at radius 3 is 2.17 bits per heavy atom. The normalized spacial score (nSPS) is 10.5. The Kier molecular flexibility index (Phi) is 5.22. The lowest BCUT2D eigenvalue weighted by Gasteiger charge is -2.14. The second-order valence-corrected chi connectivity index (χ2v) is 6.57. The third kappa shape index (κ3) is 3.95. The molecule has 0 amide bonds. The number of ether oxygens (including phenoxy) is 1. The minimum atomic E-state index is -0.682. The van der Waals surface area contributed by atoms with Crippen LogP contribution in [0.25, 0.3) is 17.1 Å². The largest absolute Gasteiger partial charge is 0.404 e. The number of benzene rings is 3. The molecule has 1 heterocycles. The van der Waals surface area contributed by atoms with Gasteiger partial charge in [-0.15, -0.1) is 0 Å². The summed E-state index contributed by atoms with van der Waals surface area (Å²) in [6.45, 7) is 0. The van der Waals surface area contributed by atoms with Gasteiger partial charge in [0.1, 0.15) is 0 Å².